The standard InChI is InChI=1S/C21H21N3OS/c1-5-13-24-18-12-7-15(6-2)14-19(18)26-21(24)22-20(25)16-8-10-17(11-9-16)23(3)4/h1,7-12,14H,6,13H2,2-4H3. The summed E-state index contributed by atoms with van der Waals surface area (Å²) in [7, 11) is 3.93. The molecule has 0 saturated heterocycles. The van der Waals surface area contributed by atoms with Gasteiger partial charge in [0.2, 0.25) is 0 Å². The zero-order valence-corrected chi connectivity index (χ0v) is 16.0. The van der Waals surface area contributed by atoms with Crippen LogP contribution in [0.5, 0.6) is 0 Å². The Morgan fingerprint density at radius 1 is 1.23 bits per heavy atom. The predicted molar refractivity (Wildman–Crippen MR) is 109 cm³/mol. The van der Waals surface area contributed by atoms with Crippen molar-refractivity contribution in [3.05, 3.63) is 58.4 Å². The van der Waals surface area contributed by atoms with Gasteiger partial charge in [0.05, 0.1) is 16.8 Å². The molecule has 3 rings (SSSR count). The van der Waals surface area contributed by atoms with Crippen LogP contribution < -0.4 is 9.70 Å². The lowest BCUT2D eigenvalue weighted by Gasteiger charge is -2.11. The van der Waals surface area contributed by atoms with Gasteiger partial charge < -0.3 is 9.47 Å². The molecule has 0 radical (unpaired) electrons. The number of hydrogen-bond donors (Lipinski definition) is 0. The molecule has 1 aromatic heterocycles. The van der Waals surface area contributed by atoms with Crippen LogP contribution in [0.25, 0.3) is 10.2 Å². The third-order valence-corrected chi connectivity index (χ3v) is 5.27. The molecule has 0 atom stereocenters. The van der Waals surface area contributed by atoms with Crippen molar-refractivity contribution in [3.8, 4) is 12.3 Å². The number of rotatable bonds is 4. The van der Waals surface area contributed by atoms with Crippen molar-refractivity contribution in [2.24, 2.45) is 4.99 Å². The van der Waals surface area contributed by atoms with Crippen molar-refractivity contribution in [2.75, 3.05) is 19.0 Å². The van der Waals surface area contributed by atoms with Crippen molar-refractivity contribution in [2.45, 2.75) is 19.9 Å². The number of thiazole rings is 1. The lowest BCUT2D eigenvalue weighted by atomic mass is 10.2. The number of fused-ring (bicyclic) bond motifs is 1. The van der Waals surface area contributed by atoms with Gasteiger partial charge in [-0.15, -0.1) is 6.42 Å². The molecule has 0 unspecified atom stereocenters. The number of carbonyl (C=O) groups excluding carboxylic acids is 1. The summed E-state index contributed by atoms with van der Waals surface area (Å²) in [5.74, 6) is 2.40. The Kier molecular flexibility index (Phi) is 5.24. The van der Waals surface area contributed by atoms with Crippen LogP contribution in [0.1, 0.15) is 22.8 Å². The first-order chi connectivity index (χ1) is 12.5. The Labute approximate surface area is 157 Å². The zero-order valence-electron chi connectivity index (χ0n) is 15.2. The van der Waals surface area contributed by atoms with Crippen LogP contribution in [0.3, 0.4) is 0 Å². The van der Waals surface area contributed by atoms with E-state index >= 15 is 0 Å². The van der Waals surface area contributed by atoms with Crippen molar-refractivity contribution >= 4 is 33.1 Å². The van der Waals surface area contributed by atoms with Crippen LogP contribution in [0.4, 0.5) is 5.69 Å². The van der Waals surface area contributed by atoms with Gasteiger partial charge in [0.15, 0.2) is 4.80 Å². The van der Waals surface area contributed by atoms with E-state index < -0.39 is 0 Å². The number of amides is 1. The van der Waals surface area contributed by atoms with Gasteiger partial charge >= 0.3 is 0 Å². The summed E-state index contributed by atoms with van der Waals surface area (Å²) >= 11 is 1.50. The first kappa shape index (κ1) is 18.0. The molecule has 0 aliphatic heterocycles. The normalized spacial score (nSPS) is 11.5. The molecular weight excluding hydrogens is 342 g/mol. The van der Waals surface area contributed by atoms with Crippen LogP contribution in [-0.2, 0) is 13.0 Å². The number of nitrogens with zero attached hydrogens (tertiary/aromatic N) is 3. The second-order valence-electron chi connectivity index (χ2n) is 6.19. The third-order valence-electron chi connectivity index (χ3n) is 4.23. The van der Waals surface area contributed by atoms with Gasteiger partial charge in [0.1, 0.15) is 0 Å². The van der Waals surface area contributed by atoms with Crippen LogP contribution in [-0.4, -0.2) is 24.6 Å². The molecule has 26 heavy (non-hydrogen) atoms. The van der Waals surface area contributed by atoms with E-state index in [2.05, 4.69) is 36.0 Å². The topological polar surface area (TPSA) is 37.6 Å². The minimum atomic E-state index is -0.261. The van der Waals surface area contributed by atoms with E-state index in [1.54, 1.807) is 12.1 Å². The Balaban J connectivity index is 2.06. The maximum absolute atomic E-state index is 12.6. The molecule has 5 heteroatoms. The van der Waals surface area contributed by atoms with Crippen LogP contribution in [0, 0.1) is 12.3 Å². The molecule has 0 bridgehead atoms. The molecule has 1 heterocycles. The number of anilines is 1. The van der Waals surface area contributed by atoms with Gasteiger partial charge in [0.25, 0.3) is 5.91 Å². The summed E-state index contributed by atoms with van der Waals surface area (Å²) in [6.45, 7) is 2.51. The average Bonchev–Trinajstić information content (AvgIpc) is 2.98. The molecule has 0 spiro atoms. The largest absolute Gasteiger partial charge is 0.378 e. The summed E-state index contributed by atoms with van der Waals surface area (Å²) < 4.78 is 3.01. The smallest absolute Gasteiger partial charge is 0.279 e. The summed E-state index contributed by atoms with van der Waals surface area (Å²) in [5, 5.41) is 0. The van der Waals surface area contributed by atoms with E-state index in [1.807, 2.05) is 35.7 Å². The summed E-state index contributed by atoms with van der Waals surface area (Å²) in [5.41, 5.74) is 3.87. The predicted octanol–water partition coefficient (Wildman–Crippen LogP) is 3.71. The number of carbonyl (C=O) groups is 1. The number of aromatic nitrogens is 1. The van der Waals surface area contributed by atoms with Crippen LogP contribution in [0.15, 0.2) is 47.5 Å². The van der Waals surface area contributed by atoms with E-state index in [-0.39, 0.29) is 5.91 Å². The van der Waals surface area contributed by atoms with Crippen LogP contribution in [0.2, 0.25) is 0 Å². The van der Waals surface area contributed by atoms with Gasteiger partial charge in [0, 0.05) is 25.3 Å². The molecular formula is C21H21N3OS. The molecule has 0 fully saturated rings. The molecule has 2 aromatic carbocycles. The number of hydrogen-bond acceptors (Lipinski definition) is 3. The van der Waals surface area contributed by atoms with Gasteiger partial charge in [-0.2, -0.15) is 4.99 Å². The Morgan fingerprint density at radius 2 is 1.96 bits per heavy atom. The summed E-state index contributed by atoms with van der Waals surface area (Å²) in [4.78, 5) is 19.6. The van der Waals surface area contributed by atoms with E-state index in [9.17, 15) is 4.79 Å². The first-order valence-corrected chi connectivity index (χ1v) is 9.27. The van der Waals surface area contributed by atoms with Gasteiger partial charge in [-0.1, -0.05) is 30.2 Å². The average molecular weight is 363 g/mol. The molecule has 4 nitrogen and oxygen atoms in total. The van der Waals surface area contributed by atoms with Crippen molar-refractivity contribution in [1.82, 2.24) is 4.57 Å². The third kappa shape index (κ3) is 3.56. The van der Waals surface area contributed by atoms with E-state index in [1.165, 1.54) is 16.9 Å². The van der Waals surface area contributed by atoms with Crippen molar-refractivity contribution < 1.29 is 4.79 Å². The molecule has 0 N–H and O–H groups in total. The van der Waals surface area contributed by atoms with Crippen molar-refractivity contribution in [1.29, 1.82) is 0 Å². The van der Waals surface area contributed by atoms with E-state index in [4.69, 9.17) is 6.42 Å². The maximum atomic E-state index is 12.6. The fourth-order valence-corrected chi connectivity index (χ4v) is 3.81. The molecule has 3 aromatic rings. The fourth-order valence-electron chi connectivity index (χ4n) is 2.72. The highest BCUT2D eigenvalue weighted by Gasteiger charge is 2.09. The Hall–Kier alpha value is -2.84. The highest BCUT2D eigenvalue weighted by atomic mass is 32.1. The SMILES string of the molecule is C#CCn1c(=NC(=O)c2ccc(N(C)C)cc2)sc2cc(CC)ccc21. The van der Waals surface area contributed by atoms with Crippen molar-refractivity contribution in [3.63, 3.8) is 0 Å². The Morgan fingerprint density at radius 3 is 2.58 bits per heavy atom. The van der Waals surface area contributed by atoms with E-state index in [0.717, 1.165) is 22.3 Å². The van der Waals surface area contributed by atoms with Gasteiger partial charge in [-0.05, 0) is 48.4 Å². The van der Waals surface area contributed by atoms with Gasteiger partial charge in [-0.25, -0.2) is 0 Å². The number of aryl methyl sites for hydroxylation is 1. The van der Waals surface area contributed by atoms with Crippen LogP contribution >= 0.6 is 11.3 Å². The quantitative estimate of drug-likeness (QED) is 0.663. The minimum absolute atomic E-state index is 0.261. The molecule has 0 saturated carbocycles. The zero-order chi connectivity index (χ0) is 18.7. The second kappa shape index (κ2) is 7.59. The molecule has 0 aliphatic rings. The molecule has 0 aliphatic carbocycles. The second-order valence-corrected chi connectivity index (χ2v) is 7.20. The lowest BCUT2D eigenvalue weighted by molar-refractivity contribution is 0.0998. The maximum Gasteiger partial charge on any atom is 0.279 e. The highest BCUT2D eigenvalue weighted by Crippen LogP contribution is 2.20. The minimum Gasteiger partial charge on any atom is -0.378 e. The molecule has 132 valence electrons. The Bertz CT molecular complexity index is 1050. The summed E-state index contributed by atoms with van der Waals surface area (Å²) in [6, 6.07) is 13.7. The molecule has 1 amide bonds. The monoisotopic (exact) mass is 363 g/mol. The number of terminal acetylenes is 1. The lowest BCUT2D eigenvalue weighted by Crippen LogP contribution is -2.16. The van der Waals surface area contributed by atoms with E-state index in [0.29, 0.717) is 16.9 Å². The summed E-state index contributed by atoms with van der Waals surface area (Å²) in [6.07, 6.45) is 6.49. The highest BCUT2D eigenvalue weighted by molar-refractivity contribution is 7.16. The van der Waals surface area contributed by atoms with Gasteiger partial charge in [-0.3, -0.25) is 4.79 Å². The fraction of sp³-hybridized carbons (Fsp3) is 0.238. The first-order valence-electron chi connectivity index (χ1n) is 8.45. The number of benzene rings is 2.